The highest BCUT2D eigenvalue weighted by Crippen LogP contribution is 1.84. The van der Waals surface area contributed by atoms with E-state index in [0.717, 1.165) is 0 Å². The maximum atomic E-state index is 11.0. The van der Waals surface area contributed by atoms with E-state index < -0.39 is 17.8 Å². The second-order valence-electron chi connectivity index (χ2n) is 2.65. The Bertz CT molecular complexity index is 308. The van der Waals surface area contributed by atoms with Gasteiger partial charge in [0, 0.05) is 6.54 Å². The number of hydrogen-bond acceptors (Lipinski definition) is 5. The molecule has 2 N–H and O–H groups in total. The highest BCUT2D eigenvalue weighted by atomic mass is 16.5. The maximum Gasteiger partial charge on any atom is 0.310 e. The van der Waals surface area contributed by atoms with Crippen LogP contribution in [0.2, 0.25) is 0 Å². The average Bonchev–Trinajstić information content (AvgIpc) is 2.26. The van der Waals surface area contributed by atoms with E-state index in [2.05, 4.69) is 15.4 Å². The average molecular weight is 227 g/mol. The molecule has 0 aromatic carbocycles. The van der Waals surface area contributed by atoms with Crippen molar-refractivity contribution in [1.82, 2.24) is 10.6 Å². The van der Waals surface area contributed by atoms with Gasteiger partial charge in [-0.3, -0.25) is 14.4 Å². The molecule has 0 unspecified atom stereocenters. The van der Waals surface area contributed by atoms with Crippen molar-refractivity contribution in [2.24, 2.45) is 0 Å². The molecule has 88 valence electrons. The minimum Gasteiger partial charge on any atom is -0.466 e. The van der Waals surface area contributed by atoms with Crippen molar-refractivity contribution in [3.8, 4) is 6.07 Å². The van der Waals surface area contributed by atoms with Gasteiger partial charge >= 0.3 is 17.8 Å². The Balaban J connectivity index is 3.69. The molecule has 0 spiro atoms. The van der Waals surface area contributed by atoms with Gasteiger partial charge < -0.3 is 15.4 Å². The Hall–Kier alpha value is -2.10. The van der Waals surface area contributed by atoms with Crippen LogP contribution < -0.4 is 10.6 Å². The van der Waals surface area contributed by atoms with Crippen LogP contribution in [0.25, 0.3) is 0 Å². The number of nitrogens with one attached hydrogen (secondary N) is 2. The lowest BCUT2D eigenvalue weighted by atomic mass is 10.4. The zero-order chi connectivity index (χ0) is 12.4. The van der Waals surface area contributed by atoms with E-state index in [1.165, 1.54) is 0 Å². The van der Waals surface area contributed by atoms with Crippen molar-refractivity contribution in [2.75, 3.05) is 19.7 Å². The molecule has 0 aliphatic heterocycles. The first-order valence-corrected chi connectivity index (χ1v) is 4.70. The summed E-state index contributed by atoms with van der Waals surface area (Å²) < 4.78 is 4.62. The van der Waals surface area contributed by atoms with Gasteiger partial charge in [-0.1, -0.05) is 0 Å². The molecule has 0 aliphatic rings. The number of amides is 2. The summed E-state index contributed by atoms with van der Waals surface area (Å²) in [6.07, 6.45) is 0.00507. The molecule has 0 aromatic heterocycles. The molecule has 16 heavy (non-hydrogen) atoms. The fourth-order valence-corrected chi connectivity index (χ4v) is 0.792. The van der Waals surface area contributed by atoms with Crippen LogP contribution in [0.15, 0.2) is 0 Å². The molecule has 0 aliphatic carbocycles. The highest BCUT2D eigenvalue weighted by Gasteiger charge is 2.12. The molecule has 0 atom stereocenters. The third-order valence-corrected chi connectivity index (χ3v) is 1.45. The summed E-state index contributed by atoms with van der Waals surface area (Å²) in [4.78, 5) is 32.8. The van der Waals surface area contributed by atoms with Gasteiger partial charge in [0.1, 0.15) is 6.54 Å². The molecule has 2 amide bonds. The molecular weight excluding hydrogens is 214 g/mol. The zero-order valence-corrected chi connectivity index (χ0v) is 8.91. The Kier molecular flexibility index (Phi) is 7.15. The largest absolute Gasteiger partial charge is 0.466 e. The second-order valence-corrected chi connectivity index (χ2v) is 2.65. The molecular formula is C9H13N3O4. The van der Waals surface area contributed by atoms with Crippen molar-refractivity contribution >= 4 is 17.8 Å². The van der Waals surface area contributed by atoms with Gasteiger partial charge in [0.2, 0.25) is 0 Å². The lowest BCUT2D eigenvalue weighted by molar-refractivity contribution is -0.143. The lowest BCUT2D eigenvalue weighted by Crippen LogP contribution is -2.40. The van der Waals surface area contributed by atoms with Crippen LogP contribution in [0.1, 0.15) is 13.3 Å². The third kappa shape index (κ3) is 6.37. The van der Waals surface area contributed by atoms with Crippen molar-refractivity contribution in [3.05, 3.63) is 0 Å². The van der Waals surface area contributed by atoms with Gasteiger partial charge in [-0.15, -0.1) is 0 Å². The number of esters is 1. The normalized spacial score (nSPS) is 8.75. The van der Waals surface area contributed by atoms with E-state index in [4.69, 9.17) is 5.26 Å². The Morgan fingerprint density at radius 3 is 2.44 bits per heavy atom. The summed E-state index contributed by atoms with van der Waals surface area (Å²) in [5.41, 5.74) is 0. The van der Waals surface area contributed by atoms with Crippen LogP contribution in [0, 0.1) is 11.3 Å². The summed E-state index contributed by atoms with van der Waals surface area (Å²) in [6.45, 7) is 1.74. The first-order valence-electron chi connectivity index (χ1n) is 4.70. The third-order valence-electron chi connectivity index (χ3n) is 1.45. The monoisotopic (exact) mass is 227 g/mol. The van der Waals surface area contributed by atoms with Crippen molar-refractivity contribution in [2.45, 2.75) is 13.3 Å². The van der Waals surface area contributed by atoms with Gasteiger partial charge in [-0.2, -0.15) is 5.26 Å². The van der Waals surface area contributed by atoms with Gasteiger partial charge in [0.15, 0.2) is 0 Å². The van der Waals surface area contributed by atoms with E-state index in [0.29, 0.717) is 0 Å². The number of carbonyl (C=O) groups is 3. The molecule has 0 heterocycles. The number of nitriles is 1. The fourth-order valence-electron chi connectivity index (χ4n) is 0.792. The topological polar surface area (TPSA) is 108 Å². The van der Waals surface area contributed by atoms with E-state index in [9.17, 15) is 14.4 Å². The molecule has 0 fully saturated rings. The van der Waals surface area contributed by atoms with Gasteiger partial charge in [-0.25, -0.2) is 0 Å². The first-order chi connectivity index (χ1) is 7.61. The van der Waals surface area contributed by atoms with Crippen LogP contribution in [-0.4, -0.2) is 37.5 Å². The lowest BCUT2D eigenvalue weighted by Gasteiger charge is -2.04. The molecule has 0 saturated carbocycles. The van der Waals surface area contributed by atoms with Crippen LogP contribution in [0.5, 0.6) is 0 Å². The summed E-state index contributed by atoms with van der Waals surface area (Å²) >= 11 is 0. The number of nitrogens with zero attached hydrogens (tertiary/aromatic N) is 1. The van der Waals surface area contributed by atoms with Crippen molar-refractivity contribution < 1.29 is 19.1 Å². The summed E-state index contributed by atoms with van der Waals surface area (Å²) in [5, 5.41) is 12.4. The number of hydrogen-bond donors (Lipinski definition) is 2. The molecule has 0 aromatic rings. The number of rotatable bonds is 5. The smallest absolute Gasteiger partial charge is 0.310 e. The molecule has 0 bridgehead atoms. The molecule has 0 rings (SSSR count). The summed E-state index contributed by atoms with van der Waals surface area (Å²) in [7, 11) is 0. The van der Waals surface area contributed by atoms with Gasteiger partial charge in [0.05, 0.1) is 19.1 Å². The molecule has 0 radical (unpaired) electrons. The van der Waals surface area contributed by atoms with Crippen molar-refractivity contribution in [3.63, 3.8) is 0 Å². The highest BCUT2D eigenvalue weighted by molar-refractivity contribution is 6.35. The van der Waals surface area contributed by atoms with E-state index in [1.54, 1.807) is 13.0 Å². The Morgan fingerprint density at radius 2 is 1.88 bits per heavy atom. The zero-order valence-electron chi connectivity index (χ0n) is 8.91. The Labute approximate surface area is 92.7 Å². The fraction of sp³-hybridized carbons (Fsp3) is 0.556. The first kappa shape index (κ1) is 13.9. The van der Waals surface area contributed by atoms with Gasteiger partial charge in [0.25, 0.3) is 0 Å². The predicted molar refractivity (Wildman–Crippen MR) is 52.9 cm³/mol. The van der Waals surface area contributed by atoms with Crippen LogP contribution in [-0.2, 0) is 19.1 Å². The van der Waals surface area contributed by atoms with Crippen LogP contribution >= 0.6 is 0 Å². The minimum absolute atomic E-state index is 0.00507. The van der Waals surface area contributed by atoms with E-state index in [-0.39, 0.29) is 26.1 Å². The number of carbonyl (C=O) groups excluding carboxylic acids is 3. The summed E-state index contributed by atoms with van der Waals surface area (Å²) in [5.74, 6) is -2.22. The van der Waals surface area contributed by atoms with E-state index >= 15 is 0 Å². The van der Waals surface area contributed by atoms with E-state index in [1.807, 2.05) is 0 Å². The SMILES string of the molecule is CCOC(=O)CCNC(=O)C(=O)NCC#N. The predicted octanol–water partition coefficient (Wildman–Crippen LogP) is -1.30. The van der Waals surface area contributed by atoms with Crippen molar-refractivity contribution in [1.29, 1.82) is 5.26 Å². The number of ether oxygens (including phenoxy) is 1. The summed E-state index contributed by atoms with van der Waals surface area (Å²) in [6, 6.07) is 1.66. The molecule has 7 nitrogen and oxygen atoms in total. The Morgan fingerprint density at radius 1 is 1.25 bits per heavy atom. The maximum absolute atomic E-state index is 11.0. The second kappa shape index (κ2) is 8.23. The minimum atomic E-state index is -0.898. The van der Waals surface area contributed by atoms with Crippen LogP contribution in [0.3, 0.4) is 0 Å². The quantitative estimate of drug-likeness (QED) is 0.344. The standard InChI is InChI=1S/C9H13N3O4/c1-2-16-7(13)3-5-11-8(14)9(15)12-6-4-10/h2-3,5-6H2,1H3,(H,11,14)(H,12,15). The van der Waals surface area contributed by atoms with Gasteiger partial charge in [-0.05, 0) is 6.92 Å². The van der Waals surface area contributed by atoms with Crippen LogP contribution in [0.4, 0.5) is 0 Å². The molecule has 7 heteroatoms. The molecule has 0 saturated heterocycles.